The van der Waals surface area contributed by atoms with E-state index in [9.17, 15) is 13.6 Å². The molecule has 0 bridgehead atoms. The van der Waals surface area contributed by atoms with E-state index in [0.717, 1.165) is 49.4 Å². The lowest BCUT2D eigenvalue weighted by atomic mass is 10.1. The minimum Gasteiger partial charge on any atom is -0.492 e. The van der Waals surface area contributed by atoms with Gasteiger partial charge in [-0.05, 0) is 49.2 Å². The predicted molar refractivity (Wildman–Crippen MR) is 120 cm³/mol. The van der Waals surface area contributed by atoms with E-state index in [1.165, 1.54) is 0 Å². The molecule has 3 aromatic rings. The molecule has 174 valence electrons. The molecule has 0 atom stereocenters. The van der Waals surface area contributed by atoms with Gasteiger partial charge in [-0.1, -0.05) is 0 Å². The normalized spacial score (nSPS) is 14.3. The first-order valence-electron chi connectivity index (χ1n) is 10.8. The molecule has 33 heavy (non-hydrogen) atoms. The smallest absolute Gasteiger partial charge is 0.258 e. The molecule has 7 nitrogen and oxygen atoms in total. The molecule has 1 aromatic heterocycles. The zero-order valence-electron chi connectivity index (χ0n) is 18.3. The molecule has 1 amide bonds. The molecule has 0 spiro atoms. The van der Waals surface area contributed by atoms with E-state index >= 15 is 0 Å². The fraction of sp³-hybridized carbons (Fsp3) is 0.333. The standard InChI is InChI=1S/C24H26F2N4O3/c1-30-22(6-9-28-30)20-15-18(29-24(31)19-4-2-16(25)14-21(19)26)3-5-23(20)33-13-10-27-17-7-11-32-12-8-17/h2-6,9,14-15,17,27H,7-8,10-13H2,1H3,(H,29,31). The topological polar surface area (TPSA) is 77.4 Å². The minimum absolute atomic E-state index is 0.238. The van der Waals surface area contributed by atoms with Gasteiger partial charge in [-0.2, -0.15) is 5.10 Å². The first-order valence-corrected chi connectivity index (χ1v) is 10.8. The lowest BCUT2D eigenvalue weighted by Crippen LogP contribution is -2.37. The van der Waals surface area contributed by atoms with Crippen LogP contribution in [0.15, 0.2) is 48.7 Å². The van der Waals surface area contributed by atoms with Crippen molar-refractivity contribution < 1.29 is 23.0 Å². The largest absolute Gasteiger partial charge is 0.492 e. The van der Waals surface area contributed by atoms with Crippen LogP contribution in [-0.2, 0) is 11.8 Å². The fourth-order valence-electron chi connectivity index (χ4n) is 3.77. The average Bonchev–Trinajstić information content (AvgIpc) is 3.23. The molecular weight excluding hydrogens is 430 g/mol. The number of anilines is 1. The molecule has 0 saturated carbocycles. The molecule has 2 aromatic carbocycles. The average molecular weight is 456 g/mol. The van der Waals surface area contributed by atoms with Crippen molar-refractivity contribution >= 4 is 11.6 Å². The number of aryl methyl sites for hydroxylation is 1. The highest BCUT2D eigenvalue weighted by molar-refractivity contribution is 6.04. The number of benzene rings is 2. The summed E-state index contributed by atoms with van der Waals surface area (Å²) in [7, 11) is 1.81. The number of halogens is 2. The van der Waals surface area contributed by atoms with Crippen molar-refractivity contribution in [1.82, 2.24) is 15.1 Å². The number of nitrogens with zero attached hydrogens (tertiary/aromatic N) is 2. The molecule has 4 rings (SSSR count). The van der Waals surface area contributed by atoms with Gasteiger partial charge in [-0.15, -0.1) is 0 Å². The third-order valence-electron chi connectivity index (χ3n) is 5.52. The Kier molecular flexibility index (Phi) is 7.31. The molecule has 2 N–H and O–H groups in total. The number of hydrogen-bond donors (Lipinski definition) is 2. The van der Waals surface area contributed by atoms with Crippen LogP contribution >= 0.6 is 0 Å². The molecule has 1 saturated heterocycles. The Labute approximate surface area is 190 Å². The molecule has 2 heterocycles. The summed E-state index contributed by atoms with van der Waals surface area (Å²) in [6.07, 6.45) is 3.65. The minimum atomic E-state index is -0.920. The Morgan fingerprint density at radius 1 is 1.18 bits per heavy atom. The van der Waals surface area contributed by atoms with Gasteiger partial charge in [0.2, 0.25) is 0 Å². The lowest BCUT2D eigenvalue weighted by Gasteiger charge is -2.23. The van der Waals surface area contributed by atoms with Crippen molar-refractivity contribution in [3.05, 3.63) is 65.9 Å². The second kappa shape index (κ2) is 10.5. The van der Waals surface area contributed by atoms with Gasteiger partial charge >= 0.3 is 0 Å². The highest BCUT2D eigenvalue weighted by atomic mass is 19.1. The summed E-state index contributed by atoms with van der Waals surface area (Å²) in [5, 5.41) is 10.4. The summed E-state index contributed by atoms with van der Waals surface area (Å²) in [5.74, 6) is -1.69. The maximum absolute atomic E-state index is 14.0. The number of nitrogens with one attached hydrogen (secondary N) is 2. The van der Waals surface area contributed by atoms with Gasteiger partial charge in [-0.3, -0.25) is 9.48 Å². The van der Waals surface area contributed by atoms with Gasteiger partial charge in [0, 0.05) is 56.4 Å². The number of amides is 1. The van der Waals surface area contributed by atoms with E-state index in [-0.39, 0.29) is 5.56 Å². The van der Waals surface area contributed by atoms with Crippen LogP contribution in [0.3, 0.4) is 0 Å². The van der Waals surface area contributed by atoms with Crippen LogP contribution in [-0.4, -0.2) is 48.1 Å². The van der Waals surface area contributed by atoms with Crippen molar-refractivity contribution in [3.8, 4) is 17.0 Å². The summed E-state index contributed by atoms with van der Waals surface area (Å²) in [4.78, 5) is 12.5. The summed E-state index contributed by atoms with van der Waals surface area (Å²) in [5.41, 5.74) is 1.75. The first kappa shape index (κ1) is 22.9. The molecule has 0 radical (unpaired) electrons. The van der Waals surface area contributed by atoms with Crippen LogP contribution in [0, 0.1) is 11.6 Å². The van der Waals surface area contributed by atoms with Crippen LogP contribution in [0.2, 0.25) is 0 Å². The zero-order valence-corrected chi connectivity index (χ0v) is 18.3. The highest BCUT2D eigenvalue weighted by Gasteiger charge is 2.16. The Morgan fingerprint density at radius 3 is 2.73 bits per heavy atom. The summed E-state index contributed by atoms with van der Waals surface area (Å²) in [6, 6.07) is 10.3. The van der Waals surface area contributed by atoms with Crippen LogP contribution < -0.4 is 15.4 Å². The van der Waals surface area contributed by atoms with Crippen molar-refractivity contribution in [2.45, 2.75) is 18.9 Å². The number of carbonyl (C=O) groups is 1. The second-order valence-corrected chi connectivity index (χ2v) is 7.82. The van der Waals surface area contributed by atoms with Crippen LogP contribution in [0.25, 0.3) is 11.3 Å². The number of carbonyl (C=O) groups excluding carboxylic acids is 1. The fourth-order valence-corrected chi connectivity index (χ4v) is 3.77. The summed E-state index contributed by atoms with van der Waals surface area (Å²) in [6.45, 7) is 2.71. The molecule has 1 aliphatic heterocycles. The van der Waals surface area contributed by atoms with Crippen LogP contribution in [0.5, 0.6) is 5.75 Å². The molecule has 0 unspecified atom stereocenters. The monoisotopic (exact) mass is 456 g/mol. The molecule has 1 fully saturated rings. The van der Waals surface area contributed by atoms with E-state index in [4.69, 9.17) is 9.47 Å². The number of aromatic nitrogens is 2. The Hall–Kier alpha value is -3.30. The van der Waals surface area contributed by atoms with E-state index in [1.54, 1.807) is 29.1 Å². The van der Waals surface area contributed by atoms with Gasteiger partial charge in [-0.25, -0.2) is 8.78 Å². The third-order valence-corrected chi connectivity index (χ3v) is 5.52. The van der Waals surface area contributed by atoms with E-state index < -0.39 is 17.5 Å². The maximum Gasteiger partial charge on any atom is 0.258 e. The summed E-state index contributed by atoms with van der Waals surface area (Å²) < 4.78 is 40.3. The van der Waals surface area contributed by atoms with Crippen molar-refractivity contribution in [2.24, 2.45) is 7.05 Å². The SMILES string of the molecule is Cn1nccc1-c1cc(NC(=O)c2ccc(F)cc2F)ccc1OCCNC1CCOCC1. The van der Waals surface area contributed by atoms with E-state index in [0.29, 0.717) is 36.7 Å². The van der Waals surface area contributed by atoms with E-state index in [1.807, 2.05) is 13.1 Å². The maximum atomic E-state index is 14.0. The molecule has 0 aliphatic carbocycles. The Bertz CT molecular complexity index is 1110. The number of rotatable bonds is 8. The lowest BCUT2D eigenvalue weighted by molar-refractivity contribution is 0.0770. The number of hydrogen-bond acceptors (Lipinski definition) is 5. The highest BCUT2D eigenvalue weighted by Crippen LogP contribution is 2.32. The van der Waals surface area contributed by atoms with Crippen molar-refractivity contribution in [2.75, 3.05) is 31.7 Å². The van der Waals surface area contributed by atoms with Gasteiger partial charge in [0.15, 0.2) is 0 Å². The van der Waals surface area contributed by atoms with Crippen molar-refractivity contribution in [1.29, 1.82) is 0 Å². The van der Waals surface area contributed by atoms with Crippen molar-refractivity contribution in [3.63, 3.8) is 0 Å². The van der Waals surface area contributed by atoms with Gasteiger partial charge in [0.05, 0.1) is 11.3 Å². The van der Waals surface area contributed by atoms with Crippen LogP contribution in [0.1, 0.15) is 23.2 Å². The second-order valence-electron chi connectivity index (χ2n) is 7.82. The predicted octanol–water partition coefficient (Wildman–Crippen LogP) is 3.77. The van der Waals surface area contributed by atoms with E-state index in [2.05, 4.69) is 15.7 Å². The quantitative estimate of drug-likeness (QED) is 0.505. The first-order chi connectivity index (χ1) is 16.0. The zero-order chi connectivity index (χ0) is 23.2. The van der Waals surface area contributed by atoms with Gasteiger partial charge in [0.25, 0.3) is 5.91 Å². The molecule has 1 aliphatic rings. The Balaban J connectivity index is 1.48. The number of ether oxygens (including phenoxy) is 2. The molecular formula is C24H26F2N4O3. The molecule has 9 heteroatoms. The van der Waals surface area contributed by atoms with Gasteiger partial charge in [0.1, 0.15) is 24.0 Å². The third kappa shape index (κ3) is 5.74. The summed E-state index contributed by atoms with van der Waals surface area (Å²) >= 11 is 0. The van der Waals surface area contributed by atoms with Crippen LogP contribution in [0.4, 0.5) is 14.5 Å². The van der Waals surface area contributed by atoms with Gasteiger partial charge < -0.3 is 20.1 Å². The Morgan fingerprint density at radius 2 is 2.00 bits per heavy atom.